The summed E-state index contributed by atoms with van der Waals surface area (Å²) in [6, 6.07) is 24.0. The topological polar surface area (TPSA) is 40.5 Å². The van der Waals surface area contributed by atoms with Gasteiger partial charge >= 0.3 is 0 Å². The van der Waals surface area contributed by atoms with E-state index in [0.717, 1.165) is 32.2 Å². The van der Waals surface area contributed by atoms with Crippen LogP contribution in [0.5, 0.6) is 11.5 Å². The number of benzene rings is 4. The number of fused-ring (bicyclic) bond motifs is 2. The van der Waals surface area contributed by atoms with Gasteiger partial charge in [-0.3, -0.25) is 0 Å². The molecule has 0 saturated heterocycles. The third kappa shape index (κ3) is 3.11. The van der Waals surface area contributed by atoms with Gasteiger partial charge in [0.15, 0.2) is 0 Å². The van der Waals surface area contributed by atoms with Crippen molar-refractivity contribution in [3.63, 3.8) is 0 Å². The minimum atomic E-state index is -1.82. The Balaban J connectivity index is 2.13. The zero-order valence-corrected chi connectivity index (χ0v) is 17.7. The zero-order chi connectivity index (χ0) is 19.2. The van der Waals surface area contributed by atoms with E-state index in [1.54, 1.807) is 12.1 Å². The molecule has 2 N–H and O–H groups in total. The molecule has 0 amide bonds. The van der Waals surface area contributed by atoms with Crippen molar-refractivity contribution >= 4 is 47.4 Å². The molecule has 0 unspecified atom stereocenters. The van der Waals surface area contributed by atoms with Crippen LogP contribution in [-0.4, -0.2) is 18.0 Å². The molecule has 4 aromatic carbocycles. The summed E-state index contributed by atoms with van der Waals surface area (Å²) >= 11 is 0. The quantitative estimate of drug-likeness (QED) is 0.349. The van der Waals surface area contributed by atoms with Crippen molar-refractivity contribution in [3.8, 4) is 11.5 Å². The summed E-state index contributed by atoms with van der Waals surface area (Å²) < 4.78 is 0. The lowest BCUT2D eigenvalue weighted by atomic mass is 10.1. The number of aromatic hydroxyl groups is 2. The largest absolute Gasteiger partial charge is 0.507 e. The Morgan fingerprint density at radius 2 is 1.00 bits per heavy atom. The summed E-state index contributed by atoms with van der Waals surface area (Å²) in [7, 11) is -2.72. The van der Waals surface area contributed by atoms with Crippen LogP contribution >= 0.6 is 7.47 Å². The first-order chi connectivity index (χ1) is 12.9. The summed E-state index contributed by atoms with van der Waals surface area (Å²) in [5.41, 5.74) is 0. The van der Waals surface area contributed by atoms with Gasteiger partial charge in [-0.25, -0.2) is 0 Å². The standard InChI is InChI=1S/C23H23O2PSi/c1-27(2,3)26(22-18-10-6-4-8-16(18)12-14-20(22)24)23-19-11-7-5-9-17(19)13-15-21(23)25/h4-15,24-25H,1-3H3. The van der Waals surface area contributed by atoms with Gasteiger partial charge in [0, 0.05) is 10.6 Å². The molecule has 136 valence electrons. The van der Waals surface area contributed by atoms with E-state index in [2.05, 4.69) is 43.9 Å². The van der Waals surface area contributed by atoms with Crippen LogP contribution in [0.3, 0.4) is 0 Å². The van der Waals surface area contributed by atoms with Gasteiger partial charge in [0.25, 0.3) is 0 Å². The summed E-state index contributed by atoms with van der Waals surface area (Å²) in [6.45, 7) is 6.96. The summed E-state index contributed by atoms with van der Waals surface area (Å²) in [5, 5.41) is 28.2. The van der Waals surface area contributed by atoms with Crippen molar-refractivity contribution in [1.82, 2.24) is 0 Å². The second kappa shape index (κ2) is 6.67. The molecule has 4 aromatic rings. The van der Waals surface area contributed by atoms with Gasteiger partial charge in [-0.2, -0.15) is 0 Å². The molecule has 0 aliphatic carbocycles. The predicted molar refractivity (Wildman–Crippen MR) is 121 cm³/mol. The molecule has 0 aromatic heterocycles. The average molecular weight is 390 g/mol. The number of rotatable bonds is 3. The van der Waals surface area contributed by atoms with Gasteiger partial charge in [-0.15, -0.1) is 0 Å². The molecular formula is C23H23O2PSi. The molecule has 4 heteroatoms. The van der Waals surface area contributed by atoms with Crippen LogP contribution in [0.1, 0.15) is 0 Å². The smallest absolute Gasteiger partial charge is 0.123 e. The Morgan fingerprint density at radius 1 is 0.593 bits per heavy atom. The minimum Gasteiger partial charge on any atom is -0.507 e. The van der Waals surface area contributed by atoms with Crippen molar-refractivity contribution in [2.24, 2.45) is 0 Å². The Morgan fingerprint density at radius 3 is 1.41 bits per heavy atom. The molecule has 0 radical (unpaired) electrons. The summed E-state index contributed by atoms with van der Waals surface area (Å²) in [4.78, 5) is 0. The number of hydrogen-bond acceptors (Lipinski definition) is 2. The van der Waals surface area contributed by atoms with E-state index in [1.807, 2.05) is 36.4 Å². The molecule has 0 heterocycles. The lowest BCUT2D eigenvalue weighted by molar-refractivity contribution is 0.480. The predicted octanol–water partition coefficient (Wildman–Crippen LogP) is 5.67. The van der Waals surface area contributed by atoms with Crippen molar-refractivity contribution in [3.05, 3.63) is 72.8 Å². The minimum absolute atomic E-state index is 0.328. The molecule has 4 rings (SSSR count). The fourth-order valence-corrected chi connectivity index (χ4v) is 12.2. The van der Waals surface area contributed by atoms with Gasteiger partial charge in [-0.1, -0.05) is 80.3 Å². The Hall–Kier alpha value is -2.35. The first kappa shape index (κ1) is 18.0. The SMILES string of the molecule is C[Si](C)(C)P(c1c(O)ccc2ccccc12)c1c(O)ccc2ccccc12. The first-order valence-corrected chi connectivity index (χ1v) is 14.8. The molecule has 0 bridgehead atoms. The van der Waals surface area contributed by atoms with Crippen LogP contribution in [0.15, 0.2) is 72.8 Å². The van der Waals surface area contributed by atoms with E-state index in [1.165, 1.54) is 0 Å². The second-order valence-electron chi connectivity index (χ2n) is 7.82. The summed E-state index contributed by atoms with van der Waals surface area (Å²) in [6.07, 6.45) is 0. The monoisotopic (exact) mass is 390 g/mol. The van der Waals surface area contributed by atoms with Crippen LogP contribution in [0, 0.1) is 0 Å². The van der Waals surface area contributed by atoms with Crippen LogP contribution in [-0.2, 0) is 0 Å². The van der Waals surface area contributed by atoms with E-state index < -0.39 is 15.2 Å². The van der Waals surface area contributed by atoms with Gasteiger partial charge in [0.2, 0.25) is 0 Å². The zero-order valence-electron chi connectivity index (χ0n) is 15.8. The second-order valence-corrected chi connectivity index (χ2v) is 19.1. The lowest BCUT2D eigenvalue weighted by Gasteiger charge is -2.33. The molecule has 0 saturated carbocycles. The Labute approximate surface area is 161 Å². The Kier molecular flexibility index (Phi) is 4.45. The highest BCUT2D eigenvalue weighted by molar-refractivity contribution is 8.05. The van der Waals surface area contributed by atoms with Crippen molar-refractivity contribution in [2.45, 2.75) is 19.6 Å². The van der Waals surface area contributed by atoms with Crippen LogP contribution in [0.4, 0.5) is 0 Å². The molecule has 0 aliphatic rings. The van der Waals surface area contributed by atoms with Gasteiger partial charge in [0.05, 0.1) is 7.74 Å². The normalized spacial score (nSPS) is 12.1. The first-order valence-electron chi connectivity index (χ1n) is 9.09. The number of phenolic OH excluding ortho intramolecular Hbond substituents is 2. The van der Waals surface area contributed by atoms with E-state index >= 15 is 0 Å². The molecular weight excluding hydrogens is 367 g/mol. The molecule has 0 aliphatic heterocycles. The van der Waals surface area contributed by atoms with Crippen molar-refractivity contribution < 1.29 is 10.2 Å². The van der Waals surface area contributed by atoms with E-state index in [-0.39, 0.29) is 0 Å². The Bertz CT molecular complexity index is 1060. The van der Waals surface area contributed by atoms with Crippen LogP contribution in [0.2, 0.25) is 19.6 Å². The van der Waals surface area contributed by atoms with E-state index in [4.69, 9.17) is 0 Å². The third-order valence-electron chi connectivity index (χ3n) is 4.88. The van der Waals surface area contributed by atoms with Gasteiger partial charge in [0.1, 0.15) is 11.5 Å². The highest BCUT2D eigenvalue weighted by Gasteiger charge is 2.35. The average Bonchev–Trinajstić information content (AvgIpc) is 2.64. The third-order valence-corrected chi connectivity index (χ3v) is 13.4. The van der Waals surface area contributed by atoms with Gasteiger partial charge in [-0.05, 0) is 41.1 Å². The summed E-state index contributed by atoms with van der Waals surface area (Å²) in [5.74, 6) is 0.657. The molecule has 0 spiro atoms. The van der Waals surface area contributed by atoms with E-state index in [9.17, 15) is 10.2 Å². The molecule has 0 atom stereocenters. The maximum atomic E-state index is 10.9. The van der Waals surface area contributed by atoms with Crippen LogP contribution in [0.25, 0.3) is 21.5 Å². The highest BCUT2D eigenvalue weighted by Crippen LogP contribution is 2.51. The fraction of sp³-hybridized carbons (Fsp3) is 0.130. The van der Waals surface area contributed by atoms with Gasteiger partial charge < -0.3 is 10.2 Å². The van der Waals surface area contributed by atoms with Crippen molar-refractivity contribution in [1.29, 1.82) is 0 Å². The van der Waals surface area contributed by atoms with E-state index in [0.29, 0.717) is 11.5 Å². The number of phenols is 2. The molecule has 0 fully saturated rings. The molecule has 27 heavy (non-hydrogen) atoms. The highest BCUT2D eigenvalue weighted by atomic mass is 31.4. The fourth-order valence-electron chi connectivity index (χ4n) is 3.74. The lowest BCUT2D eigenvalue weighted by Crippen LogP contribution is -2.31. The maximum absolute atomic E-state index is 10.9. The molecule has 2 nitrogen and oxygen atoms in total. The number of hydrogen-bond donors (Lipinski definition) is 2. The maximum Gasteiger partial charge on any atom is 0.123 e. The van der Waals surface area contributed by atoms with Crippen molar-refractivity contribution in [2.75, 3.05) is 0 Å². The van der Waals surface area contributed by atoms with Crippen LogP contribution < -0.4 is 10.6 Å².